The molecule has 3 amide bonds. The molecule has 0 heterocycles. The summed E-state index contributed by atoms with van der Waals surface area (Å²) in [6.45, 7) is -0.265. The number of hydrogen-bond acceptors (Lipinski definition) is 3. The Hall–Kier alpha value is -2.15. The van der Waals surface area contributed by atoms with Gasteiger partial charge in [-0.2, -0.15) is 0 Å². The Kier molecular flexibility index (Phi) is 6.14. The lowest BCUT2D eigenvalue weighted by Gasteiger charge is -2.10. The molecule has 0 spiro atoms. The molecular formula is C15H12Cl3N3O3. The van der Waals surface area contributed by atoms with Crippen LogP contribution in [0.5, 0.6) is 5.75 Å². The number of urea groups is 1. The van der Waals surface area contributed by atoms with E-state index in [2.05, 4.69) is 10.6 Å². The fraction of sp³-hybridized carbons (Fsp3) is 0.0667. The average Bonchev–Trinajstić information content (AvgIpc) is 2.51. The van der Waals surface area contributed by atoms with Crippen LogP contribution in [-0.2, 0) is 4.79 Å². The number of anilines is 2. The van der Waals surface area contributed by atoms with Crippen molar-refractivity contribution in [2.75, 3.05) is 17.2 Å². The van der Waals surface area contributed by atoms with Crippen molar-refractivity contribution in [3.63, 3.8) is 0 Å². The number of nitrogens with one attached hydrogen (secondary N) is 2. The molecule has 0 aliphatic rings. The van der Waals surface area contributed by atoms with E-state index >= 15 is 0 Å². The SMILES string of the molecule is NC(=O)Nc1ccc(NC(=O)COc2cc(Cl)c(Cl)cc2Cl)cc1. The van der Waals surface area contributed by atoms with Crippen molar-refractivity contribution in [2.45, 2.75) is 0 Å². The first kappa shape index (κ1) is 18.2. The second kappa shape index (κ2) is 8.10. The molecule has 0 atom stereocenters. The van der Waals surface area contributed by atoms with E-state index in [1.807, 2.05) is 0 Å². The summed E-state index contributed by atoms with van der Waals surface area (Å²) in [6.07, 6.45) is 0. The number of benzene rings is 2. The Labute approximate surface area is 152 Å². The maximum absolute atomic E-state index is 11.9. The predicted molar refractivity (Wildman–Crippen MR) is 95.2 cm³/mol. The highest BCUT2D eigenvalue weighted by Gasteiger charge is 2.10. The van der Waals surface area contributed by atoms with E-state index in [4.69, 9.17) is 45.3 Å². The molecule has 0 fully saturated rings. The number of rotatable bonds is 5. The molecule has 0 aliphatic carbocycles. The van der Waals surface area contributed by atoms with Gasteiger partial charge in [-0.15, -0.1) is 0 Å². The van der Waals surface area contributed by atoms with Crippen molar-refractivity contribution >= 4 is 58.1 Å². The van der Waals surface area contributed by atoms with Crippen LogP contribution >= 0.6 is 34.8 Å². The Bertz CT molecular complexity index is 767. The van der Waals surface area contributed by atoms with Gasteiger partial charge in [0.2, 0.25) is 0 Å². The first-order chi connectivity index (χ1) is 11.3. The minimum absolute atomic E-state index is 0.249. The summed E-state index contributed by atoms with van der Waals surface area (Å²) in [4.78, 5) is 22.6. The third-order valence-electron chi connectivity index (χ3n) is 2.77. The van der Waals surface area contributed by atoms with Crippen LogP contribution in [0.3, 0.4) is 0 Å². The maximum Gasteiger partial charge on any atom is 0.316 e. The van der Waals surface area contributed by atoms with Crippen LogP contribution in [-0.4, -0.2) is 18.5 Å². The van der Waals surface area contributed by atoms with Gasteiger partial charge in [0, 0.05) is 17.4 Å². The number of nitrogens with two attached hydrogens (primary N) is 1. The molecule has 2 aromatic rings. The minimum Gasteiger partial charge on any atom is -0.482 e. The van der Waals surface area contributed by atoms with Crippen LogP contribution < -0.4 is 21.1 Å². The number of carbonyl (C=O) groups is 2. The standard InChI is InChI=1S/C15H12Cl3N3O3/c16-10-5-12(18)13(6-11(10)17)24-7-14(22)20-8-1-3-9(4-2-8)21-15(19)23/h1-6H,7H2,(H,20,22)(H3,19,21,23). The van der Waals surface area contributed by atoms with Crippen molar-refractivity contribution in [3.8, 4) is 5.75 Å². The van der Waals surface area contributed by atoms with Crippen molar-refractivity contribution in [1.29, 1.82) is 0 Å². The zero-order valence-corrected chi connectivity index (χ0v) is 14.4. The smallest absolute Gasteiger partial charge is 0.316 e. The first-order valence-electron chi connectivity index (χ1n) is 6.59. The minimum atomic E-state index is -0.668. The van der Waals surface area contributed by atoms with Crippen molar-refractivity contribution in [1.82, 2.24) is 0 Å². The molecule has 0 bridgehead atoms. The number of ether oxygens (including phenoxy) is 1. The van der Waals surface area contributed by atoms with E-state index < -0.39 is 11.9 Å². The lowest BCUT2D eigenvalue weighted by atomic mass is 10.3. The van der Waals surface area contributed by atoms with Gasteiger partial charge in [-0.3, -0.25) is 4.79 Å². The number of hydrogen-bond donors (Lipinski definition) is 3. The molecule has 9 heteroatoms. The third-order valence-corrected chi connectivity index (χ3v) is 3.79. The Morgan fingerprint density at radius 3 is 2.04 bits per heavy atom. The normalized spacial score (nSPS) is 10.1. The fourth-order valence-corrected chi connectivity index (χ4v) is 2.33. The average molecular weight is 389 g/mol. The second-order valence-corrected chi connectivity index (χ2v) is 5.82. The lowest BCUT2D eigenvalue weighted by Crippen LogP contribution is -2.21. The quantitative estimate of drug-likeness (QED) is 0.671. The summed E-state index contributed by atoms with van der Waals surface area (Å²) in [7, 11) is 0. The van der Waals surface area contributed by atoms with E-state index in [9.17, 15) is 9.59 Å². The lowest BCUT2D eigenvalue weighted by molar-refractivity contribution is -0.118. The van der Waals surface area contributed by atoms with Crippen LogP contribution in [0.2, 0.25) is 15.1 Å². The highest BCUT2D eigenvalue weighted by molar-refractivity contribution is 6.43. The maximum atomic E-state index is 11.9. The van der Waals surface area contributed by atoms with Crippen LogP contribution in [0.4, 0.5) is 16.2 Å². The molecule has 126 valence electrons. The summed E-state index contributed by atoms with van der Waals surface area (Å²) in [5, 5.41) is 5.86. The third kappa shape index (κ3) is 5.19. The molecule has 0 radical (unpaired) electrons. The van der Waals surface area contributed by atoms with Crippen molar-refractivity contribution in [2.24, 2.45) is 5.73 Å². The Balaban J connectivity index is 1.91. The van der Waals surface area contributed by atoms with Gasteiger partial charge in [-0.1, -0.05) is 34.8 Å². The molecule has 2 aromatic carbocycles. The zero-order chi connectivity index (χ0) is 17.7. The molecular weight excluding hydrogens is 377 g/mol. The van der Waals surface area contributed by atoms with Gasteiger partial charge in [-0.25, -0.2) is 4.79 Å². The first-order valence-corrected chi connectivity index (χ1v) is 7.72. The van der Waals surface area contributed by atoms with Crippen LogP contribution in [0.15, 0.2) is 36.4 Å². The van der Waals surface area contributed by atoms with Gasteiger partial charge in [-0.05, 0) is 30.3 Å². The molecule has 0 saturated carbocycles. The predicted octanol–water partition coefficient (Wildman–Crippen LogP) is 4.15. The highest BCUT2D eigenvalue weighted by Crippen LogP contribution is 2.33. The molecule has 0 saturated heterocycles. The number of amides is 3. The zero-order valence-electron chi connectivity index (χ0n) is 12.1. The summed E-state index contributed by atoms with van der Waals surface area (Å²) < 4.78 is 5.32. The van der Waals surface area contributed by atoms with E-state index in [-0.39, 0.29) is 22.4 Å². The topological polar surface area (TPSA) is 93.5 Å². The van der Waals surface area contributed by atoms with E-state index in [1.54, 1.807) is 24.3 Å². The molecule has 2 rings (SSSR count). The molecule has 24 heavy (non-hydrogen) atoms. The summed E-state index contributed by atoms with van der Waals surface area (Å²) >= 11 is 17.6. The van der Waals surface area contributed by atoms with E-state index in [1.165, 1.54) is 12.1 Å². The second-order valence-electron chi connectivity index (χ2n) is 4.60. The fourth-order valence-electron chi connectivity index (χ4n) is 1.73. The largest absolute Gasteiger partial charge is 0.482 e. The van der Waals surface area contributed by atoms with Gasteiger partial charge >= 0.3 is 6.03 Å². The summed E-state index contributed by atoms with van der Waals surface area (Å²) in [5.74, 6) is -0.144. The van der Waals surface area contributed by atoms with Gasteiger partial charge in [0.25, 0.3) is 5.91 Å². The monoisotopic (exact) mass is 387 g/mol. The molecule has 0 aromatic heterocycles. The van der Waals surface area contributed by atoms with Crippen molar-refractivity contribution < 1.29 is 14.3 Å². The molecule has 0 unspecified atom stereocenters. The van der Waals surface area contributed by atoms with Crippen LogP contribution in [0, 0.1) is 0 Å². The number of primary amides is 1. The number of halogens is 3. The van der Waals surface area contributed by atoms with E-state index in [0.29, 0.717) is 16.4 Å². The molecule has 6 nitrogen and oxygen atoms in total. The summed E-state index contributed by atoms with van der Waals surface area (Å²) in [6, 6.07) is 8.60. The van der Waals surface area contributed by atoms with Gasteiger partial charge < -0.3 is 21.1 Å². The van der Waals surface area contributed by atoms with Gasteiger partial charge in [0.05, 0.1) is 15.1 Å². The van der Waals surface area contributed by atoms with Crippen molar-refractivity contribution in [3.05, 3.63) is 51.5 Å². The van der Waals surface area contributed by atoms with Crippen LogP contribution in [0.25, 0.3) is 0 Å². The highest BCUT2D eigenvalue weighted by atomic mass is 35.5. The Morgan fingerprint density at radius 1 is 0.917 bits per heavy atom. The van der Waals surface area contributed by atoms with Gasteiger partial charge in [0.1, 0.15) is 5.75 Å². The van der Waals surface area contributed by atoms with E-state index in [0.717, 1.165) is 0 Å². The number of carbonyl (C=O) groups excluding carboxylic acids is 2. The Morgan fingerprint density at radius 2 is 1.46 bits per heavy atom. The molecule has 4 N–H and O–H groups in total. The molecule has 0 aliphatic heterocycles. The summed E-state index contributed by atoms with van der Waals surface area (Å²) in [5.41, 5.74) is 6.05. The van der Waals surface area contributed by atoms with Gasteiger partial charge in [0.15, 0.2) is 6.61 Å². The van der Waals surface area contributed by atoms with Crippen LogP contribution in [0.1, 0.15) is 0 Å².